The van der Waals surface area contributed by atoms with E-state index in [9.17, 15) is 9.90 Å². The molecule has 0 atom stereocenters. The lowest BCUT2D eigenvalue weighted by atomic mass is 9.83. The Bertz CT molecular complexity index is 558. The van der Waals surface area contributed by atoms with Gasteiger partial charge in [-0.25, -0.2) is 4.79 Å². The van der Waals surface area contributed by atoms with Crippen molar-refractivity contribution in [2.24, 2.45) is 5.41 Å². The zero-order valence-corrected chi connectivity index (χ0v) is 12.9. The first-order valence-electron chi connectivity index (χ1n) is 6.77. The van der Waals surface area contributed by atoms with Gasteiger partial charge < -0.3 is 10.0 Å². The molecule has 0 unspecified atom stereocenters. The molecule has 3 nitrogen and oxygen atoms in total. The lowest BCUT2D eigenvalue weighted by Crippen LogP contribution is -2.32. The molecule has 2 rings (SSSR count). The molecule has 0 spiro atoms. The van der Waals surface area contributed by atoms with Gasteiger partial charge in [0.15, 0.2) is 0 Å². The van der Waals surface area contributed by atoms with Crippen molar-refractivity contribution in [2.45, 2.75) is 27.2 Å². The van der Waals surface area contributed by atoms with Crippen LogP contribution >= 0.6 is 11.6 Å². The maximum Gasteiger partial charge on any atom is 0.337 e. The van der Waals surface area contributed by atoms with E-state index in [4.69, 9.17) is 11.6 Å². The molecule has 20 heavy (non-hydrogen) atoms. The van der Waals surface area contributed by atoms with Gasteiger partial charge in [-0.15, -0.1) is 0 Å². The summed E-state index contributed by atoms with van der Waals surface area (Å²) in [6.07, 6.45) is 3.13. The van der Waals surface area contributed by atoms with E-state index >= 15 is 0 Å². The van der Waals surface area contributed by atoms with Gasteiger partial charge in [0.25, 0.3) is 0 Å². The van der Waals surface area contributed by atoms with Crippen LogP contribution < -0.4 is 4.90 Å². The van der Waals surface area contributed by atoms with Crippen molar-refractivity contribution in [3.63, 3.8) is 0 Å². The molecule has 1 aliphatic rings. The summed E-state index contributed by atoms with van der Waals surface area (Å²) in [7, 11) is 0. The summed E-state index contributed by atoms with van der Waals surface area (Å²) in [5, 5.41) is 9.80. The van der Waals surface area contributed by atoms with Crippen LogP contribution in [-0.2, 0) is 0 Å². The van der Waals surface area contributed by atoms with E-state index in [1.807, 2.05) is 4.90 Å². The second-order valence-electron chi connectivity index (χ2n) is 6.12. The minimum Gasteiger partial charge on any atom is -0.478 e. The number of hydrogen-bond acceptors (Lipinski definition) is 2. The van der Waals surface area contributed by atoms with Gasteiger partial charge in [-0.3, -0.25) is 0 Å². The third-order valence-corrected chi connectivity index (χ3v) is 4.01. The summed E-state index contributed by atoms with van der Waals surface area (Å²) in [5.74, 6) is -0.937. The second-order valence-corrected chi connectivity index (χ2v) is 6.52. The zero-order valence-electron chi connectivity index (χ0n) is 12.1. The number of rotatable bonds is 2. The van der Waals surface area contributed by atoms with Crippen molar-refractivity contribution in [1.82, 2.24) is 0 Å². The number of carboxylic acids is 1. The average molecular weight is 294 g/mol. The molecule has 0 aromatic heterocycles. The third-order valence-electron chi connectivity index (χ3n) is 3.71. The molecule has 108 valence electrons. The molecular formula is C16H20ClNO2. The summed E-state index contributed by atoms with van der Waals surface area (Å²) in [6.45, 7) is 8.11. The highest BCUT2D eigenvalue weighted by atomic mass is 35.5. The van der Waals surface area contributed by atoms with Crippen LogP contribution in [0.1, 0.15) is 37.6 Å². The van der Waals surface area contributed by atoms with Gasteiger partial charge in [-0.1, -0.05) is 50.1 Å². The van der Waals surface area contributed by atoms with Gasteiger partial charge in [-0.05, 0) is 24.0 Å². The molecule has 1 aromatic carbocycles. The Kier molecular flexibility index (Phi) is 4.09. The SMILES string of the molecule is CC(C)(C)C1=CCN(c2c(Cl)cccc2C(=O)O)CC1. The highest BCUT2D eigenvalue weighted by Gasteiger charge is 2.24. The number of anilines is 1. The third kappa shape index (κ3) is 2.98. The molecule has 0 radical (unpaired) electrons. The fraction of sp³-hybridized carbons (Fsp3) is 0.438. The molecule has 0 saturated heterocycles. The first kappa shape index (κ1) is 14.9. The summed E-state index contributed by atoms with van der Waals surface area (Å²) >= 11 is 6.21. The maximum atomic E-state index is 11.3. The van der Waals surface area contributed by atoms with Crippen LogP contribution in [0.3, 0.4) is 0 Å². The monoisotopic (exact) mass is 293 g/mol. The molecule has 0 amide bonds. The van der Waals surface area contributed by atoms with E-state index < -0.39 is 5.97 Å². The molecule has 1 heterocycles. The molecule has 1 aromatic rings. The minimum absolute atomic E-state index is 0.169. The van der Waals surface area contributed by atoms with Crippen LogP contribution in [0.5, 0.6) is 0 Å². The van der Waals surface area contributed by atoms with E-state index in [0.717, 1.165) is 13.0 Å². The van der Waals surface area contributed by atoms with Crippen molar-refractivity contribution in [3.05, 3.63) is 40.4 Å². The van der Waals surface area contributed by atoms with E-state index in [0.29, 0.717) is 17.3 Å². The molecule has 0 bridgehead atoms. The minimum atomic E-state index is -0.937. The van der Waals surface area contributed by atoms with Gasteiger partial charge in [-0.2, -0.15) is 0 Å². The Morgan fingerprint density at radius 3 is 2.55 bits per heavy atom. The average Bonchev–Trinajstić information content (AvgIpc) is 2.37. The predicted octanol–water partition coefficient (Wildman–Crippen LogP) is 4.22. The van der Waals surface area contributed by atoms with E-state index in [2.05, 4.69) is 26.8 Å². The summed E-state index contributed by atoms with van der Waals surface area (Å²) in [6, 6.07) is 5.02. The largest absolute Gasteiger partial charge is 0.478 e. The normalized spacial score (nSPS) is 16.0. The summed E-state index contributed by atoms with van der Waals surface area (Å²) in [5.41, 5.74) is 2.48. The van der Waals surface area contributed by atoms with E-state index in [1.165, 1.54) is 5.57 Å². The Morgan fingerprint density at radius 1 is 1.35 bits per heavy atom. The molecule has 0 fully saturated rings. The van der Waals surface area contributed by atoms with Crippen molar-refractivity contribution >= 4 is 23.3 Å². The van der Waals surface area contributed by atoms with Gasteiger partial charge in [0, 0.05) is 13.1 Å². The fourth-order valence-corrected chi connectivity index (χ4v) is 2.86. The Labute approximate surface area is 124 Å². The maximum absolute atomic E-state index is 11.3. The Hall–Kier alpha value is -1.48. The van der Waals surface area contributed by atoms with Crippen molar-refractivity contribution < 1.29 is 9.90 Å². The van der Waals surface area contributed by atoms with Crippen LogP contribution in [0.25, 0.3) is 0 Å². The van der Waals surface area contributed by atoms with Gasteiger partial charge in [0.1, 0.15) is 0 Å². The molecule has 0 saturated carbocycles. The quantitative estimate of drug-likeness (QED) is 0.830. The van der Waals surface area contributed by atoms with Crippen molar-refractivity contribution in [2.75, 3.05) is 18.0 Å². The highest BCUT2D eigenvalue weighted by Crippen LogP contribution is 2.35. The van der Waals surface area contributed by atoms with Crippen LogP contribution in [-0.4, -0.2) is 24.2 Å². The van der Waals surface area contributed by atoms with Crippen molar-refractivity contribution in [1.29, 1.82) is 0 Å². The van der Waals surface area contributed by atoms with Crippen LogP contribution in [0.4, 0.5) is 5.69 Å². The van der Waals surface area contributed by atoms with Crippen LogP contribution in [0.2, 0.25) is 5.02 Å². The number of para-hydroxylation sites is 1. The zero-order chi connectivity index (χ0) is 14.9. The second kappa shape index (κ2) is 5.49. The first-order chi connectivity index (χ1) is 9.30. The van der Waals surface area contributed by atoms with Crippen LogP contribution in [0, 0.1) is 5.41 Å². The predicted molar refractivity (Wildman–Crippen MR) is 82.8 cm³/mol. The van der Waals surface area contributed by atoms with Gasteiger partial charge in [0.2, 0.25) is 0 Å². The molecule has 4 heteroatoms. The summed E-state index contributed by atoms with van der Waals surface area (Å²) in [4.78, 5) is 13.4. The standard InChI is InChI=1S/C16H20ClNO2/c1-16(2,3)11-7-9-18(10-8-11)14-12(15(19)20)5-4-6-13(14)17/h4-7H,8-10H2,1-3H3,(H,19,20). The molecule has 1 aliphatic heterocycles. The summed E-state index contributed by atoms with van der Waals surface area (Å²) < 4.78 is 0. The lowest BCUT2D eigenvalue weighted by Gasteiger charge is -2.34. The molecule has 1 N–H and O–H groups in total. The van der Waals surface area contributed by atoms with E-state index in [-0.39, 0.29) is 11.0 Å². The van der Waals surface area contributed by atoms with Crippen molar-refractivity contribution in [3.8, 4) is 0 Å². The number of carbonyl (C=O) groups is 1. The number of carboxylic acid groups (broad SMARTS) is 1. The fourth-order valence-electron chi connectivity index (χ4n) is 2.56. The number of nitrogens with zero attached hydrogens (tertiary/aromatic N) is 1. The van der Waals surface area contributed by atoms with Gasteiger partial charge in [0.05, 0.1) is 16.3 Å². The topological polar surface area (TPSA) is 40.5 Å². The number of benzene rings is 1. The number of aromatic carboxylic acids is 1. The number of hydrogen-bond donors (Lipinski definition) is 1. The number of halogens is 1. The van der Waals surface area contributed by atoms with Crippen LogP contribution in [0.15, 0.2) is 29.8 Å². The highest BCUT2D eigenvalue weighted by molar-refractivity contribution is 6.34. The lowest BCUT2D eigenvalue weighted by molar-refractivity contribution is 0.0697. The smallest absolute Gasteiger partial charge is 0.337 e. The first-order valence-corrected chi connectivity index (χ1v) is 7.15. The molecular weight excluding hydrogens is 274 g/mol. The molecule has 0 aliphatic carbocycles. The van der Waals surface area contributed by atoms with Gasteiger partial charge >= 0.3 is 5.97 Å². The Balaban J connectivity index is 2.32. The van der Waals surface area contributed by atoms with E-state index in [1.54, 1.807) is 18.2 Å². The Morgan fingerprint density at radius 2 is 2.05 bits per heavy atom.